The number of halogens is 1. The molecule has 1 saturated heterocycles. The summed E-state index contributed by atoms with van der Waals surface area (Å²) < 4.78 is 67.4. The fourth-order valence-corrected chi connectivity index (χ4v) is 5.69. The third-order valence-corrected chi connectivity index (χ3v) is 7.91. The van der Waals surface area contributed by atoms with Crippen molar-refractivity contribution in [3.05, 3.63) is 56.4 Å². The summed E-state index contributed by atoms with van der Waals surface area (Å²) in [5.41, 5.74) is 10.6. The number of aliphatic hydroxyl groups excluding tert-OH is 1. The fourth-order valence-electron chi connectivity index (χ4n) is 5.69. The third-order valence-electron chi connectivity index (χ3n) is 7.91. The van der Waals surface area contributed by atoms with E-state index < -0.39 is 54.0 Å². The first-order valence-corrected chi connectivity index (χ1v) is 14.9. The van der Waals surface area contributed by atoms with Crippen LogP contribution in [0.15, 0.2) is 34.3 Å². The molecule has 6 rings (SSSR count). The number of nitrogens with zero attached hydrogens (tertiary/aromatic N) is 5. The van der Waals surface area contributed by atoms with Crippen molar-refractivity contribution >= 4 is 17.8 Å². The second kappa shape index (κ2) is 13.5. The molecular weight excluding hydrogens is 671 g/mol. The average Bonchev–Trinajstić information content (AvgIpc) is 3.86. The zero-order valence-electron chi connectivity index (χ0n) is 26.6. The minimum Gasteiger partial charge on any atom is -0.493 e. The number of rotatable bonds is 11. The van der Waals surface area contributed by atoms with E-state index in [9.17, 15) is 25.0 Å². The number of hydrogen-bond donors (Lipinski definition) is 2. The number of azide groups is 1. The quantitative estimate of drug-likeness (QED) is 0.126. The van der Waals surface area contributed by atoms with E-state index in [4.69, 9.17) is 48.4 Å². The highest BCUT2D eigenvalue weighted by molar-refractivity contribution is 6.08. The first-order valence-electron chi connectivity index (χ1n) is 14.9. The van der Waals surface area contributed by atoms with Gasteiger partial charge in [-0.25, -0.2) is 18.8 Å². The van der Waals surface area contributed by atoms with Crippen LogP contribution in [0.4, 0.5) is 10.2 Å². The van der Waals surface area contributed by atoms with Crippen molar-refractivity contribution in [1.29, 1.82) is 0 Å². The third kappa shape index (κ3) is 5.54. The van der Waals surface area contributed by atoms with Crippen molar-refractivity contribution in [2.45, 2.75) is 37.6 Å². The van der Waals surface area contributed by atoms with Crippen LogP contribution < -0.4 is 39.8 Å². The van der Waals surface area contributed by atoms with Crippen LogP contribution in [0.1, 0.15) is 40.3 Å². The van der Waals surface area contributed by atoms with Gasteiger partial charge in [-0.2, -0.15) is 4.98 Å². The number of esters is 2. The lowest BCUT2D eigenvalue weighted by Crippen LogP contribution is -2.46. The Kier molecular flexibility index (Phi) is 9.15. The lowest BCUT2D eigenvalue weighted by molar-refractivity contribution is -0.126. The molecule has 1 aromatic heterocycles. The molecule has 0 aliphatic carbocycles. The Morgan fingerprint density at radius 3 is 2.18 bits per heavy atom. The average molecular weight is 701 g/mol. The summed E-state index contributed by atoms with van der Waals surface area (Å²) in [6.45, 7) is 0.0201. The van der Waals surface area contributed by atoms with Crippen molar-refractivity contribution in [2.24, 2.45) is 5.11 Å². The number of nitrogens with two attached hydrogens (primary N) is 1. The van der Waals surface area contributed by atoms with Gasteiger partial charge in [0, 0.05) is 22.2 Å². The van der Waals surface area contributed by atoms with Crippen LogP contribution in [-0.2, 0) is 14.2 Å². The standard InChI is InChI=1S/C30H29FN6O13/c1-4-7-44-27(39)13-8-15(42-2)21-23(47-11-45-21)18(13)19-14(9-16(43-3)22-24(19)48-12-46-22)28(40)49-25-20(31)26(50-30(25,10-38)35-36-33)37-6-5-17(32)34-29(37)41/h5-6,8-9,20,25-26,38H,4,7,10-12H2,1-3H3,(H2,32,34,41)/t20-,25-,26+,30+/m0/s1. The van der Waals surface area contributed by atoms with E-state index >= 15 is 4.39 Å². The van der Waals surface area contributed by atoms with Gasteiger partial charge >= 0.3 is 17.6 Å². The van der Waals surface area contributed by atoms with Crippen LogP contribution in [-0.4, -0.2) is 85.6 Å². The zero-order chi connectivity index (χ0) is 35.7. The van der Waals surface area contributed by atoms with Gasteiger partial charge in [-0.05, 0) is 30.2 Å². The molecule has 4 atom stereocenters. The van der Waals surface area contributed by atoms with Gasteiger partial charge in [0.1, 0.15) is 5.82 Å². The number of fused-ring (bicyclic) bond motifs is 2. The predicted molar refractivity (Wildman–Crippen MR) is 164 cm³/mol. The van der Waals surface area contributed by atoms with Crippen molar-refractivity contribution in [1.82, 2.24) is 9.55 Å². The van der Waals surface area contributed by atoms with Crippen LogP contribution in [0.25, 0.3) is 21.6 Å². The molecule has 0 unspecified atom stereocenters. The summed E-state index contributed by atoms with van der Waals surface area (Å²) in [6.07, 6.45) is -4.94. The highest BCUT2D eigenvalue weighted by atomic mass is 19.1. The molecule has 264 valence electrons. The molecule has 1 fully saturated rings. The summed E-state index contributed by atoms with van der Waals surface area (Å²) in [5.74, 6) is -2.23. The Hall–Kier alpha value is -5.98. The number of carbonyl (C=O) groups is 2. The zero-order valence-corrected chi connectivity index (χ0v) is 26.6. The Labute approximate surface area is 280 Å². The van der Waals surface area contributed by atoms with Crippen LogP contribution in [0.2, 0.25) is 0 Å². The lowest BCUT2D eigenvalue weighted by Gasteiger charge is -2.27. The van der Waals surface area contributed by atoms with Gasteiger partial charge < -0.3 is 53.5 Å². The summed E-state index contributed by atoms with van der Waals surface area (Å²) >= 11 is 0. The molecule has 0 radical (unpaired) electrons. The van der Waals surface area contributed by atoms with Crippen molar-refractivity contribution < 1.29 is 61.7 Å². The Balaban J connectivity index is 1.54. The number of alkyl halides is 1. The molecular formula is C30H29FN6O13. The van der Waals surface area contributed by atoms with E-state index in [2.05, 4.69) is 15.0 Å². The summed E-state index contributed by atoms with van der Waals surface area (Å²) in [5, 5.41) is 13.8. The molecule has 3 aliphatic heterocycles. The summed E-state index contributed by atoms with van der Waals surface area (Å²) in [6, 6.07) is 3.69. The van der Waals surface area contributed by atoms with Crippen LogP contribution in [0, 0.1) is 0 Å². The fraction of sp³-hybridized carbons (Fsp3) is 0.400. The summed E-state index contributed by atoms with van der Waals surface area (Å²) in [4.78, 5) is 46.6. The Morgan fingerprint density at radius 1 is 1.08 bits per heavy atom. The highest BCUT2D eigenvalue weighted by Crippen LogP contribution is 2.57. The van der Waals surface area contributed by atoms with E-state index in [-0.39, 0.29) is 77.2 Å². The second-order valence-electron chi connectivity index (χ2n) is 10.8. The molecule has 3 N–H and O–H groups in total. The molecule has 0 saturated carbocycles. The van der Waals surface area contributed by atoms with Gasteiger partial charge in [0.15, 0.2) is 41.5 Å². The molecule has 0 spiro atoms. The van der Waals surface area contributed by atoms with Crippen molar-refractivity contribution in [3.63, 3.8) is 0 Å². The highest BCUT2D eigenvalue weighted by Gasteiger charge is 2.59. The van der Waals surface area contributed by atoms with Crippen LogP contribution in [0.3, 0.4) is 0 Å². The molecule has 50 heavy (non-hydrogen) atoms. The number of hydrogen-bond acceptors (Lipinski definition) is 16. The van der Waals surface area contributed by atoms with Crippen molar-refractivity contribution in [2.75, 3.05) is 46.8 Å². The molecule has 0 amide bonds. The molecule has 4 heterocycles. The van der Waals surface area contributed by atoms with Gasteiger partial charge in [-0.3, -0.25) is 4.57 Å². The maximum atomic E-state index is 16.3. The smallest absolute Gasteiger partial charge is 0.351 e. The van der Waals surface area contributed by atoms with Gasteiger partial charge in [-0.15, -0.1) is 0 Å². The lowest BCUT2D eigenvalue weighted by atomic mass is 9.91. The normalized spacial score (nSPS) is 21.3. The number of benzene rings is 2. The summed E-state index contributed by atoms with van der Waals surface area (Å²) in [7, 11) is 2.63. The minimum atomic E-state index is -2.57. The number of ether oxygens (including phenoxy) is 9. The SMILES string of the molecule is CCCOC(=O)c1cc(OC)c2c(c1-c1c(C(=O)O[C@H]3[C@H](F)[C@H](n4ccc(N)nc4=O)O[C@@]3(CO)N=[N+]=[N-])cc(OC)c3c1OCO3)OCO2. The first kappa shape index (κ1) is 33.9. The number of methoxy groups -OCH3 is 2. The molecule has 2 aromatic carbocycles. The van der Waals surface area contributed by atoms with Gasteiger partial charge in [0.2, 0.25) is 30.8 Å². The first-order chi connectivity index (χ1) is 24.1. The number of nitrogen functional groups attached to an aromatic ring is 1. The monoisotopic (exact) mass is 700 g/mol. The largest absolute Gasteiger partial charge is 0.493 e. The topological polar surface area (TPSA) is 247 Å². The number of aromatic nitrogens is 2. The molecule has 20 heteroatoms. The van der Waals surface area contributed by atoms with Gasteiger partial charge in [0.25, 0.3) is 0 Å². The number of aliphatic hydroxyl groups is 1. The van der Waals surface area contributed by atoms with E-state index in [0.29, 0.717) is 11.0 Å². The van der Waals surface area contributed by atoms with E-state index in [1.807, 2.05) is 0 Å². The minimum absolute atomic E-state index is 0.0223. The van der Waals surface area contributed by atoms with Crippen LogP contribution >= 0.6 is 0 Å². The second-order valence-corrected chi connectivity index (χ2v) is 10.8. The molecule has 0 bridgehead atoms. The van der Waals surface area contributed by atoms with Gasteiger partial charge in [-0.1, -0.05) is 12.0 Å². The Morgan fingerprint density at radius 2 is 1.66 bits per heavy atom. The predicted octanol–water partition coefficient (Wildman–Crippen LogP) is 2.63. The van der Waals surface area contributed by atoms with Crippen molar-refractivity contribution in [3.8, 4) is 45.6 Å². The number of anilines is 1. The number of carbonyl (C=O) groups excluding carboxylic acids is 2. The Bertz CT molecular complexity index is 1970. The van der Waals surface area contributed by atoms with E-state index in [1.54, 1.807) is 6.92 Å². The van der Waals surface area contributed by atoms with E-state index in [1.165, 1.54) is 32.4 Å². The maximum absolute atomic E-state index is 16.3. The maximum Gasteiger partial charge on any atom is 0.351 e. The van der Waals surface area contributed by atoms with Gasteiger partial charge in [0.05, 0.1) is 38.6 Å². The molecule has 19 nitrogen and oxygen atoms in total. The molecule has 3 aliphatic rings. The molecule has 3 aromatic rings. The van der Waals surface area contributed by atoms with E-state index in [0.717, 1.165) is 6.20 Å². The van der Waals surface area contributed by atoms with Crippen LogP contribution in [0.5, 0.6) is 34.5 Å².